The summed E-state index contributed by atoms with van der Waals surface area (Å²) in [5, 5.41) is 5.43. The summed E-state index contributed by atoms with van der Waals surface area (Å²) in [7, 11) is 0. The van der Waals surface area contributed by atoms with Gasteiger partial charge in [0, 0.05) is 15.6 Å². The molecule has 4 nitrogen and oxygen atoms in total. The van der Waals surface area contributed by atoms with E-state index in [1.54, 1.807) is 24.4 Å². The molecular weight excluding hydrogens is 359 g/mol. The van der Waals surface area contributed by atoms with Gasteiger partial charge in [-0.3, -0.25) is 0 Å². The Labute approximate surface area is 158 Å². The van der Waals surface area contributed by atoms with Crippen LogP contribution in [-0.2, 0) is 6.54 Å². The number of nitrogens with zero attached hydrogens (tertiary/aromatic N) is 1. The molecule has 2 aromatic rings. The Morgan fingerprint density at radius 1 is 1.12 bits per heavy atom. The number of ether oxygens (including phenoxy) is 2. The second-order valence-electron chi connectivity index (χ2n) is 5.03. The maximum atomic E-state index is 6.13. The van der Waals surface area contributed by atoms with Crippen LogP contribution < -0.4 is 14.9 Å². The van der Waals surface area contributed by atoms with E-state index in [1.165, 1.54) is 0 Å². The van der Waals surface area contributed by atoms with Gasteiger partial charge < -0.3 is 14.9 Å². The normalized spacial score (nSPS) is 10.7. The van der Waals surface area contributed by atoms with Crippen LogP contribution in [0.4, 0.5) is 0 Å². The highest BCUT2D eigenvalue weighted by Crippen LogP contribution is 2.28. The van der Waals surface area contributed by atoms with E-state index in [-0.39, 0.29) is 0 Å². The lowest BCUT2D eigenvalue weighted by molar-refractivity contribution is 0.297. The molecule has 0 fully saturated rings. The lowest BCUT2D eigenvalue weighted by atomic mass is 10.2. The predicted octanol–water partition coefficient (Wildman–Crippen LogP) is 5.08. The Bertz CT molecular complexity index is 728. The molecule has 132 valence electrons. The molecule has 1 N–H and O–H groups in total. The number of benzene rings is 2. The maximum absolute atomic E-state index is 6.13. The Hall–Kier alpha value is -2.17. The monoisotopic (exact) mass is 378 g/mol. The Morgan fingerprint density at radius 3 is 2.56 bits per heavy atom. The predicted molar refractivity (Wildman–Crippen MR) is 104 cm³/mol. The fourth-order valence-electron chi connectivity index (χ4n) is 2.09. The Morgan fingerprint density at radius 2 is 1.88 bits per heavy atom. The molecule has 0 aliphatic carbocycles. The van der Waals surface area contributed by atoms with Gasteiger partial charge in [-0.25, -0.2) is 0 Å². The first-order chi connectivity index (χ1) is 12.2. The fraction of sp³-hybridized carbons (Fsp3) is 0.211. The average molecular weight is 379 g/mol. The molecule has 0 bridgehead atoms. The van der Waals surface area contributed by atoms with Crippen molar-refractivity contribution in [2.24, 2.45) is 5.10 Å². The third-order valence-corrected chi connectivity index (χ3v) is 3.95. The molecule has 2 aromatic carbocycles. The van der Waals surface area contributed by atoms with E-state index in [1.807, 2.05) is 31.2 Å². The highest BCUT2D eigenvalue weighted by atomic mass is 35.5. The summed E-state index contributed by atoms with van der Waals surface area (Å²) in [6.45, 7) is 6.98. The minimum atomic E-state index is 0.424. The molecule has 0 radical (unpaired) electrons. The molecule has 0 spiro atoms. The number of halogens is 2. The quantitative estimate of drug-likeness (QED) is 0.375. The zero-order valence-electron chi connectivity index (χ0n) is 14.0. The zero-order chi connectivity index (χ0) is 18.1. The summed E-state index contributed by atoms with van der Waals surface area (Å²) in [6, 6.07) is 11.0. The van der Waals surface area contributed by atoms with Gasteiger partial charge in [0.15, 0.2) is 11.5 Å². The molecule has 0 aliphatic rings. The molecule has 0 aromatic heterocycles. The SMILES string of the molecule is C=CCOc1ccc(/C=N\NCc2c(Cl)cccc2Cl)cc1OCC. The molecule has 2 rings (SSSR count). The molecule has 0 atom stereocenters. The molecule has 0 unspecified atom stereocenters. The van der Waals surface area contributed by atoms with E-state index in [9.17, 15) is 0 Å². The fourth-order valence-corrected chi connectivity index (χ4v) is 2.62. The van der Waals surface area contributed by atoms with Crippen molar-refractivity contribution in [3.8, 4) is 11.5 Å². The van der Waals surface area contributed by atoms with Crippen LogP contribution in [0.2, 0.25) is 10.0 Å². The van der Waals surface area contributed by atoms with Crippen LogP contribution in [0.25, 0.3) is 0 Å². The summed E-state index contributed by atoms with van der Waals surface area (Å²) in [5.74, 6) is 1.34. The average Bonchev–Trinajstić information content (AvgIpc) is 2.60. The van der Waals surface area contributed by atoms with Crippen molar-refractivity contribution in [3.05, 3.63) is 70.2 Å². The summed E-state index contributed by atoms with van der Waals surface area (Å²) in [5.41, 5.74) is 4.64. The maximum Gasteiger partial charge on any atom is 0.161 e. The van der Waals surface area contributed by atoms with E-state index in [0.717, 1.165) is 11.1 Å². The van der Waals surface area contributed by atoms with Crippen LogP contribution in [0.15, 0.2) is 54.2 Å². The van der Waals surface area contributed by atoms with Gasteiger partial charge in [-0.15, -0.1) is 0 Å². The molecule has 0 saturated heterocycles. The first-order valence-electron chi connectivity index (χ1n) is 7.85. The van der Waals surface area contributed by atoms with Crippen molar-refractivity contribution >= 4 is 29.4 Å². The highest BCUT2D eigenvalue weighted by Gasteiger charge is 2.06. The number of hydrogen-bond acceptors (Lipinski definition) is 4. The zero-order valence-corrected chi connectivity index (χ0v) is 15.5. The van der Waals surface area contributed by atoms with Crippen LogP contribution in [0.5, 0.6) is 11.5 Å². The molecule has 25 heavy (non-hydrogen) atoms. The van der Waals surface area contributed by atoms with E-state index in [4.69, 9.17) is 32.7 Å². The molecule has 6 heteroatoms. The standard InChI is InChI=1S/C19H20Cl2N2O2/c1-3-10-25-18-9-8-14(11-19(18)24-4-2)12-22-23-13-15-16(20)6-5-7-17(15)21/h3,5-9,11-12,23H,1,4,10,13H2,2H3/b22-12-. The lowest BCUT2D eigenvalue weighted by Gasteiger charge is -2.11. The van der Waals surface area contributed by atoms with Crippen molar-refractivity contribution in [1.82, 2.24) is 5.43 Å². The first kappa shape index (κ1) is 19.2. The van der Waals surface area contributed by atoms with Gasteiger partial charge in [0.1, 0.15) is 6.61 Å². The van der Waals surface area contributed by atoms with Crippen LogP contribution in [-0.4, -0.2) is 19.4 Å². The first-order valence-corrected chi connectivity index (χ1v) is 8.60. The van der Waals surface area contributed by atoms with Gasteiger partial charge in [0.05, 0.1) is 19.4 Å². The highest BCUT2D eigenvalue weighted by molar-refractivity contribution is 6.35. The van der Waals surface area contributed by atoms with Gasteiger partial charge in [-0.1, -0.05) is 41.9 Å². The largest absolute Gasteiger partial charge is 0.490 e. The van der Waals surface area contributed by atoms with Crippen molar-refractivity contribution < 1.29 is 9.47 Å². The van der Waals surface area contributed by atoms with Crippen molar-refractivity contribution in [3.63, 3.8) is 0 Å². The number of hydrazone groups is 1. The number of nitrogens with one attached hydrogen (secondary N) is 1. The van der Waals surface area contributed by atoms with Gasteiger partial charge in [-0.2, -0.15) is 5.10 Å². The van der Waals surface area contributed by atoms with Gasteiger partial charge in [0.25, 0.3) is 0 Å². The summed E-state index contributed by atoms with van der Waals surface area (Å²) in [6.07, 6.45) is 3.39. The molecule has 0 heterocycles. The summed E-state index contributed by atoms with van der Waals surface area (Å²) in [4.78, 5) is 0. The van der Waals surface area contributed by atoms with Crippen molar-refractivity contribution in [1.29, 1.82) is 0 Å². The smallest absolute Gasteiger partial charge is 0.161 e. The summed E-state index contributed by atoms with van der Waals surface area (Å²) >= 11 is 12.3. The molecule has 0 aliphatic heterocycles. The number of hydrogen-bond donors (Lipinski definition) is 1. The van der Waals surface area contributed by atoms with Crippen molar-refractivity contribution in [2.75, 3.05) is 13.2 Å². The molecule has 0 saturated carbocycles. The van der Waals surface area contributed by atoms with Crippen LogP contribution in [0, 0.1) is 0 Å². The molecule has 0 amide bonds. The van der Waals surface area contributed by atoms with Crippen LogP contribution in [0.1, 0.15) is 18.1 Å². The third kappa shape index (κ3) is 5.69. The lowest BCUT2D eigenvalue weighted by Crippen LogP contribution is -2.07. The minimum Gasteiger partial charge on any atom is -0.490 e. The van der Waals surface area contributed by atoms with Crippen molar-refractivity contribution in [2.45, 2.75) is 13.5 Å². The van der Waals surface area contributed by atoms with Crippen LogP contribution in [0.3, 0.4) is 0 Å². The second kappa shape index (κ2) is 9.97. The summed E-state index contributed by atoms with van der Waals surface area (Å²) < 4.78 is 11.2. The Balaban J connectivity index is 2.02. The van der Waals surface area contributed by atoms with Gasteiger partial charge in [0.2, 0.25) is 0 Å². The minimum absolute atomic E-state index is 0.424. The van der Waals surface area contributed by atoms with Gasteiger partial charge in [-0.05, 0) is 42.8 Å². The van der Waals surface area contributed by atoms with E-state index in [0.29, 0.717) is 41.3 Å². The van der Waals surface area contributed by atoms with Crippen LogP contribution >= 0.6 is 23.2 Å². The third-order valence-electron chi connectivity index (χ3n) is 3.25. The van der Waals surface area contributed by atoms with E-state index in [2.05, 4.69) is 17.1 Å². The Kier molecular flexibility index (Phi) is 7.64. The van der Waals surface area contributed by atoms with E-state index < -0.39 is 0 Å². The molecular formula is C19H20Cl2N2O2. The second-order valence-corrected chi connectivity index (χ2v) is 5.85. The van der Waals surface area contributed by atoms with E-state index >= 15 is 0 Å². The topological polar surface area (TPSA) is 42.8 Å². The van der Waals surface area contributed by atoms with Gasteiger partial charge >= 0.3 is 0 Å². The number of rotatable bonds is 9.